The van der Waals surface area contributed by atoms with Crippen molar-refractivity contribution in [3.05, 3.63) is 46.1 Å². The third-order valence-electron chi connectivity index (χ3n) is 5.43. The first-order valence-electron chi connectivity index (χ1n) is 8.97. The number of anilines is 1. The maximum Gasteiger partial charge on any atom is 0.167 e. The summed E-state index contributed by atoms with van der Waals surface area (Å²) in [5, 5.41) is 26.7. The standard InChI is InChI=1S/C18H19IN6O3/c19-11-3-1-2-10(4-11)5-20-15-13-16(23-8-22-15)25(9-24-13)17-12-14(27)18(7-26,28-17)6-21-12/h1-4,8-9,12,14,17,21,26-27H,5-7H2,(H,20,22,23)/t12-,14+,17+,18+/m0/s1. The van der Waals surface area contributed by atoms with Gasteiger partial charge in [0.05, 0.1) is 19.0 Å². The normalized spacial score (nSPS) is 28.9. The monoisotopic (exact) mass is 494 g/mol. The molecule has 2 aliphatic heterocycles. The van der Waals surface area contributed by atoms with Gasteiger partial charge in [-0.2, -0.15) is 0 Å². The summed E-state index contributed by atoms with van der Waals surface area (Å²) >= 11 is 2.29. The van der Waals surface area contributed by atoms with Gasteiger partial charge in [0.15, 0.2) is 23.2 Å². The van der Waals surface area contributed by atoms with E-state index in [0.717, 1.165) is 5.56 Å². The van der Waals surface area contributed by atoms with Crippen molar-refractivity contribution in [3.63, 3.8) is 0 Å². The highest BCUT2D eigenvalue weighted by Gasteiger charge is 2.60. The lowest BCUT2D eigenvalue weighted by Crippen LogP contribution is -2.46. The zero-order chi connectivity index (χ0) is 19.3. The highest BCUT2D eigenvalue weighted by atomic mass is 127. The van der Waals surface area contributed by atoms with Crippen molar-refractivity contribution in [1.29, 1.82) is 0 Å². The average Bonchev–Trinajstić information content (AvgIpc) is 3.36. The second kappa shape index (κ2) is 6.88. The van der Waals surface area contributed by atoms with Gasteiger partial charge in [0.25, 0.3) is 0 Å². The molecule has 2 fully saturated rings. The molecule has 4 atom stereocenters. The number of nitrogens with zero attached hydrogens (tertiary/aromatic N) is 4. The molecule has 2 saturated heterocycles. The molecule has 3 aromatic rings. The molecule has 2 aliphatic rings. The predicted molar refractivity (Wildman–Crippen MR) is 110 cm³/mol. The molecule has 10 heteroatoms. The molecule has 0 radical (unpaired) electrons. The number of fused-ring (bicyclic) bond motifs is 3. The summed E-state index contributed by atoms with van der Waals surface area (Å²) in [6.07, 6.45) is 1.83. The van der Waals surface area contributed by atoms with Gasteiger partial charge >= 0.3 is 0 Å². The molecule has 0 spiro atoms. The van der Waals surface area contributed by atoms with Crippen molar-refractivity contribution >= 4 is 39.6 Å². The van der Waals surface area contributed by atoms with Crippen LogP contribution in [0.15, 0.2) is 36.9 Å². The van der Waals surface area contributed by atoms with E-state index in [1.54, 1.807) is 10.9 Å². The fourth-order valence-corrected chi connectivity index (χ4v) is 4.54. The van der Waals surface area contributed by atoms with Crippen LogP contribution >= 0.6 is 22.6 Å². The summed E-state index contributed by atoms with van der Waals surface area (Å²) in [5.41, 5.74) is 1.41. The summed E-state index contributed by atoms with van der Waals surface area (Å²) < 4.78 is 8.98. The van der Waals surface area contributed by atoms with Gasteiger partial charge < -0.3 is 25.6 Å². The number of benzene rings is 1. The van der Waals surface area contributed by atoms with Crippen LogP contribution in [0.25, 0.3) is 11.2 Å². The molecular weight excluding hydrogens is 475 g/mol. The minimum atomic E-state index is -0.982. The second-order valence-electron chi connectivity index (χ2n) is 7.11. The summed E-state index contributed by atoms with van der Waals surface area (Å²) in [5.74, 6) is 0.635. The molecule has 9 nitrogen and oxygen atoms in total. The van der Waals surface area contributed by atoms with Crippen LogP contribution in [0.4, 0.5) is 5.82 Å². The van der Waals surface area contributed by atoms with Gasteiger partial charge in [-0.3, -0.25) is 4.57 Å². The molecule has 2 aromatic heterocycles. The number of aromatic nitrogens is 4. The van der Waals surface area contributed by atoms with Crippen LogP contribution in [-0.4, -0.2) is 60.6 Å². The van der Waals surface area contributed by atoms with Gasteiger partial charge in [0, 0.05) is 16.7 Å². The molecule has 4 N–H and O–H groups in total. The Morgan fingerprint density at radius 3 is 3.04 bits per heavy atom. The van der Waals surface area contributed by atoms with Crippen LogP contribution in [0.1, 0.15) is 11.8 Å². The number of hydrogen-bond donors (Lipinski definition) is 4. The predicted octanol–water partition coefficient (Wildman–Crippen LogP) is 0.636. The number of morpholine rings is 1. The minimum absolute atomic E-state index is 0.252. The molecule has 28 heavy (non-hydrogen) atoms. The van der Waals surface area contributed by atoms with E-state index in [2.05, 4.69) is 60.3 Å². The average molecular weight is 494 g/mol. The largest absolute Gasteiger partial charge is 0.393 e. The highest BCUT2D eigenvalue weighted by Crippen LogP contribution is 2.42. The van der Waals surface area contributed by atoms with Gasteiger partial charge in [-0.1, -0.05) is 12.1 Å². The minimum Gasteiger partial charge on any atom is -0.393 e. The van der Waals surface area contributed by atoms with Crippen LogP contribution in [0.3, 0.4) is 0 Å². The zero-order valence-electron chi connectivity index (χ0n) is 14.8. The topological polar surface area (TPSA) is 117 Å². The first kappa shape index (κ1) is 18.2. The highest BCUT2D eigenvalue weighted by molar-refractivity contribution is 14.1. The molecule has 2 bridgehead atoms. The number of rotatable bonds is 5. The molecule has 0 saturated carbocycles. The molecular formula is C18H19IN6O3. The van der Waals surface area contributed by atoms with Gasteiger partial charge in [-0.05, 0) is 40.3 Å². The van der Waals surface area contributed by atoms with E-state index in [0.29, 0.717) is 30.1 Å². The van der Waals surface area contributed by atoms with Crippen molar-refractivity contribution in [2.45, 2.75) is 30.5 Å². The first-order chi connectivity index (χ1) is 13.6. The van der Waals surface area contributed by atoms with Crippen LogP contribution in [0.5, 0.6) is 0 Å². The Hall–Kier alpha value is -1.86. The maximum atomic E-state index is 10.5. The summed E-state index contributed by atoms with van der Waals surface area (Å²) in [4.78, 5) is 13.2. The number of nitrogens with one attached hydrogen (secondary N) is 2. The quantitative estimate of drug-likeness (QED) is 0.382. The third-order valence-corrected chi connectivity index (χ3v) is 6.10. The number of aliphatic hydroxyl groups is 2. The fraction of sp³-hybridized carbons (Fsp3) is 0.389. The molecule has 0 amide bonds. The van der Waals surface area contributed by atoms with E-state index >= 15 is 0 Å². The number of aliphatic hydroxyl groups excluding tert-OH is 2. The van der Waals surface area contributed by atoms with E-state index in [-0.39, 0.29) is 12.6 Å². The number of hydrogen-bond acceptors (Lipinski definition) is 8. The van der Waals surface area contributed by atoms with Crippen molar-refractivity contribution < 1.29 is 14.9 Å². The van der Waals surface area contributed by atoms with E-state index in [9.17, 15) is 10.2 Å². The lowest BCUT2D eigenvalue weighted by molar-refractivity contribution is -0.130. The lowest BCUT2D eigenvalue weighted by Gasteiger charge is -2.30. The maximum absolute atomic E-state index is 10.5. The Morgan fingerprint density at radius 1 is 1.36 bits per heavy atom. The van der Waals surface area contributed by atoms with E-state index in [1.165, 1.54) is 9.90 Å². The second-order valence-corrected chi connectivity index (χ2v) is 8.36. The number of ether oxygens (including phenoxy) is 1. The van der Waals surface area contributed by atoms with Gasteiger partial charge in [0.2, 0.25) is 0 Å². The molecule has 4 heterocycles. The van der Waals surface area contributed by atoms with Crippen LogP contribution < -0.4 is 10.6 Å². The Bertz CT molecular complexity index is 1030. The van der Waals surface area contributed by atoms with Gasteiger partial charge in [0.1, 0.15) is 18.0 Å². The van der Waals surface area contributed by atoms with Crippen LogP contribution in [0.2, 0.25) is 0 Å². The fourth-order valence-electron chi connectivity index (χ4n) is 3.93. The van der Waals surface area contributed by atoms with Crippen molar-refractivity contribution in [2.24, 2.45) is 0 Å². The van der Waals surface area contributed by atoms with Gasteiger partial charge in [-0.15, -0.1) is 0 Å². The van der Waals surface area contributed by atoms with Crippen molar-refractivity contribution in [2.75, 3.05) is 18.5 Å². The Labute approximate surface area is 174 Å². The third kappa shape index (κ3) is 2.78. The summed E-state index contributed by atoms with van der Waals surface area (Å²) in [6.45, 7) is 0.779. The Kier molecular flexibility index (Phi) is 4.47. The summed E-state index contributed by atoms with van der Waals surface area (Å²) in [6, 6.07) is 7.89. The SMILES string of the molecule is OC[C@@]12CN[C@H]([C@H](n3cnc4c(NCc5cccc(I)c5)ncnc43)O1)[C@H]2O. The van der Waals surface area contributed by atoms with Crippen molar-refractivity contribution in [3.8, 4) is 0 Å². The van der Waals surface area contributed by atoms with E-state index in [4.69, 9.17) is 4.74 Å². The van der Waals surface area contributed by atoms with Crippen LogP contribution in [-0.2, 0) is 11.3 Å². The Morgan fingerprint density at radius 2 is 2.25 bits per heavy atom. The Balaban J connectivity index is 1.43. The molecule has 0 unspecified atom stereocenters. The molecule has 0 aliphatic carbocycles. The van der Waals surface area contributed by atoms with Crippen molar-refractivity contribution in [1.82, 2.24) is 24.8 Å². The lowest BCUT2D eigenvalue weighted by atomic mass is 10.0. The molecule has 1 aromatic carbocycles. The first-order valence-corrected chi connectivity index (χ1v) is 10.1. The van der Waals surface area contributed by atoms with Crippen LogP contribution in [0, 0.1) is 3.57 Å². The van der Waals surface area contributed by atoms with E-state index in [1.807, 2.05) is 12.1 Å². The molecule has 146 valence electrons. The smallest absolute Gasteiger partial charge is 0.167 e. The summed E-state index contributed by atoms with van der Waals surface area (Å²) in [7, 11) is 0. The number of imidazole rings is 1. The van der Waals surface area contributed by atoms with E-state index < -0.39 is 17.9 Å². The molecule has 5 rings (SSSR count). The van der Waals surface area contributed by atoms with Gasteiger partial charge in [-0.25, -0.2) is 15.0 Å². The number of halogens is 1. The zero-order valence-corrected chi connectivity index (χ0v) is 16.9.